The summed E-state index contributed by atoms with van der Waals surface area (Å²) in [5, 5.41) is 23.7. The third-order valence-corrected chi connectivity index (χ3v) is 4.22. The van der Waals surface area contributed by atoms with Crippen molar-refractivity contribution in [3.05, 3.63) is 63.7 Å². The molecule has 0 unspecified atom stereocenters. The molecule has 3 rings (SSSR count). The van der Waals surface area contributed by atoms with E-state index in [0.717, 1.165) is 36.3 Å². The summed E-state index contributed by atoms with van der Waals surface area (Å²) in [6.45, 7) is 2.00. The Kier molecular flexibility index (Phi) is 5.13. The fraction of sp³-hybridized carbons (Fsp3) is 0.211. The van der Waals surface area contributed by atoms with Gasteiger partial charge in [0.25, 0.3) is 5.69 Å². The predicted octanol–water partition coefficient (Wildman–Crippen LogP) is 3.47. The highest BCUT2D eigenvalue weighted by Gasteiger charge is 2.21. The zero-order valence-corrected chi connectivity index (χ0v) is 14.6. The second kappa shape index (κ2) is 7.66. The van der Waals surface area contributed by atoms with Gasteiger partial charge in [-0.1, -0.05) is 5.16 Å². The van der Waals surface area contributed by atoms with Crippen LogP contribution in [0, 0.1) is 21.4 Å². The van der Waals surface area contributed by atoms with Gasteiger partial charge in [0.2, 0.25) is 0 Å². The molecular formula is C19H16N4O4. The second-order valence-electron chi connectivity index (χ2n) is 6.01. The van der Waals surface area contributed by atoms with E-state index in [1.54, 1.807) is 24.3 Å². The molecule has 0 aliphatic carbocycles. The molecule has 1 heterocycles. The van der Waals surface area contributed by atoms with Gasteiger partial charge in [-0.2, -0.15) is 5.26 Å². The first-order valence-electron chi connectivity index (χ1n) is 8.30. The van der Waals surface area contributed by atoms with Crippen molar-refractivity contribution < 1.29 is 14.6 Å². The van der Waals surface area contributed by atoms with Gasteiger partial charge in [-0.3, -0.25) is 10.1 Å². The molecular weight excluding hydrogens is 348 g/mol. The van der Waals surface area contributed by atoms with Crippen molar-refractivity contribution in [1.29, 1.82) is 5.26 Å². The van der Waals surface area contributed by atoms with Gasteiger partial charge in [-0.05, 0) is 48.7 Å². The van der Waals surface area contributed by atoms with Gasteiger partial charge < -0.3 is 9.74 Å². The first kappa shape index (κ1) is 18.1. The smallest absolute Gasteiger partial charge is 0.332 e. The van der Waals surface area contributed by atoms with Crippen molar-refractivity contribution in [3.63, 3.8) is 0 Å². The molecule has 2 aromatic rings. The van der Waals surface area contributed by atoms with Crippen LogP contribution in [0.4, 0.5) is 17.1 Å². The van der Waals surface area contributed by atoms with Crippen LogP contribution < -0.4 is 4.90 Å². The zero-order valence-electron chi connectivity index (χ0n) is 14.6. The summed E-state index contributed by atoms with van der Waals surface area (Å²) in [6.07, 6.45) is 1.67. The zero-order chi connectivity index (χ0) is 19.4. The Morgan fingerprint density at radius 1 is 1.30 bits per heavy atom. The number of nitrogens with zero attached hydrogens (tertiary/aromatic N) is 4. The van der Waals surface area contributed by atoms with Crippen molar-refractivity contribution in [2.45, 2.75) is 19.8 Å². The number of benzene rings is 2. The van der Waals surface area contributed by atoms with E-state index in [0.29, 0.717) is 5.56 Å². The summed E-state index contributed by atoms with van der Waals surface area (Å²) in [7, 11) is 0. The summed E-state index contributed by atoms with van der Waals surface area (Å²) in [4.78, 5) is 28.1. The molecule has 0 bridgehead atoms. The van der Waals surface area contributed by atoms with E-state index >= 15 is 0 Å². The topological polar surface area (TPSA) is 109 Å². The van der Waals surface area contributed by atoms with E-state index in [-0.39, 0.29) is 16.3 Å². The molecule has 136 valence electrons. The van der Waals surface area contributed by atoms with E-state index in [2.05, 4.69) is 14.9 Å². The second-order valence-corrected chi connectivity index (χ2v) is 6.01. The number of fused-ring (bicyclic) bond motifs is 1. The number of hydrogen-bond acceptors (Lipinski definition) is 7. The molecule has 0 N–H and O–H groups in total. The van der Waals surface area contributed by atoms with Crippen LogP contribution in [0.5, 0.6) is 0 Å². The quantitative estimate of drug-likeness (QED) is 0.356. The number of nitro groups is 1. The highest BCUT2D eigenvalue weighted by Crippen LogP contribution is 2.35. The maximum Gasteiger partial charge on any atom is 0.332 e. The number of carbonyl (C=O) groups excluding carboxylic acids is 1. The predicted molar refractivity (Wildman–Crippen MR) is 98.8 cm³/mol. The van der Waals surface area contributed by atoms with E-state index < -0.39 is 5.97 Å². The van der Waals surface area contributed by atoms with Crippen molar-refractivity contribution in [1.82, 2.24) is 0 Å². The van der Waals surface area contributed by atoms with Crippen LogP contribution in [0.3, 0.4) is 0 Å². The number of nitro benzene ring substituents is 1. The highest BCUT2D eigenvalue weighted by atomic mass is 16.7. The largest absolute Gasteiger partial charge is 0.341 e. The van der Waals surface area contributed by atoms with Gasteiger partial charge in [-0.25, -0.2) is 4.79 Å². The number of rotatable bonds is 4. The average Bonchev–Trinajstić information content (AvgIpc) is 2.68. The number of hydrogen-bond donors (Lipinski definition) is 0. The lowest BCUT2D eigenvalue weighted by Crippen LogP contribution is -2.24. The molecule has 8 heteroatoms. The molecule has 2 aromatic carbocycles. The summed E-state index contributed by atoms with van der Waals surface area (Å²) in [6, 6.07) is 13.9. The van der Waals surface area contributed by atoms with Crippen molar-refractivity contribution in [2.75, 3.05) is 11.4 Å². The number of carbonyl (C=O) groups is 1. The van der Waals surface area contributed by atoms with E-state index in [1.807, 2.05) is 18.2 Å². The average molecular weight is 364 g/mol. The third-order valence-electron chi connectivity index (χ3n) is 4.22. The van der Waals surface area contributed by atoms with Gasteiger partial charge in [0.1, 0.15) is 6.07 Å². The Morgan fingerprint density at radius 2 is 2.04 bits per heavy atom. The summed E-state index contributed by atoms with van der Waals surface area (Å²) < 4.78 is 0. The maximum atomic E-state index is 11.0. The summed E-state index contributed by atoms with van der Waals surface area (Å²) in [5.74, 6) is -0.599. The van der Waals surface area contributed by atoms with Gasteiger partial charge in [-0.15, -0.1) is 0 Å². The van der Waals surface area contributed by atoms with Crippen LogP contribution in [0.25, 0.3) is 0 Å². The molecule has 0 radical (unpaired) electrons. The molecule has 0 amide bonds. The first-order valence-corrected chi connectivity index (χ1v) is 8.30. The van der Waals surface area contributed by atoms with Gasteiger partial charge >= 0.3 is 5.97 Å². The normalized spacial score (nSPS) is 13.5. The molecule has 0 aromatic heterocycles. The van der Waals surface area contributed by atoms with Crippen LogP contribution >= 0.6 is 0 Å². The lowest BCUT2D eigenvalue weighted by Gasteiger charge is -2.31. The van der Waals surface area contributed by atoms with Gasteiger partial charge in [0.15, 0.2) is 5.71 Å². The molecule has 0 fully saturated rings. The fourth-order valence-corrected chi connectivity index (χ4v) is 3.01. The number of oxime groups is 1. The maximum absolute atomic E-state index is 11.0. The van der Waals surface area contributed by atoms with Crippen molar-refractivity contribution in [3.8, 4) is 6.07 Å². The molecule has 1 aliphatic heterocycles. The Labute approximate surface area is 155 Å². The number of anilines is 2. The minimum atomic E-state index is -0.599. The van der Waals surface area contributed by atoms with Crippen LogP contribution in [0.1, 0.15) is 24.5 Å². The van der Waals surface area contributed by atoms with E-state index in [1.165, 1.54) is 13.0 Å². The monoisotopic (exact) mass is 364 g/mol. The Balaban J connectivity index is 1.89. The molecule has 0 saturated heterocycles. The molecule has 0 atom stereocenters. The van der Waals surface area contributed by atoms with Crippen LogP contribution in [0.2, 0.25) is 0 Å². The van der Waals surface area contributed by atoms with Crippen molar-refractivity contribution in [2.24, 2.45) is 5.16 Å². The minimum Gasteiger partial charge on any atom is -0.341 e. The molecule has 0 spiro atoms. The SMILES string of the molecule is CC(=O)O/N=C(\C#N)c1ccc(N2CCCc3cc([N+](=O)[O-])ccc32)cc1. The number of non-ortho nitro benzene ring substituents is 1. The minimum absolute atomic E-state index is 0.00594. The summed E-state index contributed by atoms with van der Waals surface area (Å²) in [5.41, 5.74) is 3.40. The van der Waals surface area contributed by atoms with Crippen LogP contribution in [-0.2, 0) is 16.1 Å². The standard InChI is InChI=1S/C19H16N4O4/c1-13(24)27-21-18(12-20)14-4-6-16(7-5-14)22-10-2-3-15-11-17(23(25)26)8-9-19(15)22/h4-9,11H,2-3,10H2,1H3/b21-18+. The lowest BCUT2D eigenvalue weighted by molar-refractivity contribution is -0.384. The van der Waals surface area contributed by atoms with E-state index in [9.17, 15) is 20.2 Å². The molecule has 0 saturated carbocycles. The summed E-state index contributed by atoms with van der Waals surface area (Å²) >= 11 is 0. The lowest BCUT2D eigenvalue weighted by atomic mass is 10.00. The van der Waals surface area contributed by atoms with Crippen LogP contribution in [-0.4, -0.2) is 23.1 Å². The fourth-order valence-electron chi connectivity index (χ4n) is 3.01. The Morgan fingerprint density at radius 3 is 2.67 bits per heavy atom. The van der Waals surface area contributed by atoms with Gasteiger partial charge in [0, 0.05) is 42.5 Å². The van der Waals surface area contributed by atoms with Gasteiger partial charge in [0.05, 0.1) is 4.92 Å². The van der Waals surface area contributed by atoms with Crippen molar-refractivity contribution >= 4 is 28.7 Å². The number of nitriles is 1. The number of aryl methyl sites for hydroxylation is 1. The van der Waals surface area contributed by atoms with E-state index in [4.69, 9.17) is 0 Å². The van der Waals surface area contributed by atoms with Crippen LogP contribution in [0.15, 0.2) is 47.6 Å². The Hall–Kier alpha value is -3.73. The molecule has 1 aliphatic rings. The third kappa shape index (κ3) is 3.93. The highest BCUT2D eigenvalue weighted by molar-refractivity contribution is 6.11. The Bertz CT molecular complexity index is 961. The first-order chi connectivity index (χ1) is 13.0. The molecule has 27 heavy (non-hydrogen) atoms. The molecule has 8 nitrogen and oxygen atoms in total.